The van der Waals surface area contributed by atoms with Crippen LogP contribution in [-0.4, -0.2) is 42.5 Å². The molecule has 0 aromatic carbocycles. The molecule has 20 heavy (non-hydrogen) atoms. The van der Waals surface area contributed by atoms with Gasteiger partial charge in [0.1, 0.15) is 0 Å². The van der Waals surface area contributed by atoms with Gasteiger partial charge in [0, 0.05) is 6.04 Å². The Morgan fingerprint density at radius 3 is 2.35 bits per heavy atom. The van der Waals surface area contributed by atoms with Crippen molar-refractivity contribution in [1.29, 1.82) is 0 Å². The molecule has 5 heteroatoms. The van der Waals surface area contributed by atoms with E-state index in [0.717, 1.165) is 45.3 Å². The van der Waals surface area contributed by atoms with Crippen molar-refractivity contribution in [2.75, 3.05) is 19.6 Å². The second kappa shape index (κ2) is 8.85. The minimum Gasteiger partial charge on any atom is -0.352 e. The number of rotatable bonds is 4. The van der Waals surface area contributed by atoms with Crippen molar-refractivity contribution in [1.82, 2.24) is 10.2 Å². The largest absolute Gasteiger partial charge is 0.352 e. The third kappa shape index (κ3) is 4.90. The van der Waals surface area contributed by atoms with E-state index in [1.54, 1.807) is 0 Å². The van der Waals surface area contributed by atoms with Crippen molar-refractivity contribution in [2.45, 2.75) is 64.0 Å². The highest BCUT2D eigenvalue weighted by atomic mass is 35.5. The molecule has 1 saturated carbocycles. The van der Waals surface area contributed by atoms with E-state index in [9.17, 15) is 4.79 Å². The Morgan fingerprint density at radius 2 is 1.80 bits per heavy atom. The van der Waals surface area contributed by atoms with Crippen molar-refractivity contribution >= 4 is 18.3 Å². The molecule has 2 fully saturated rings. The first kappa shape index (κ1) is 17.7. The van der Waals surface area contributed by atoms with E-state index in [1.807, 2.05) is 6.92 Å². The monoisotopic (exact) mass is 303 g/mol. The summed E-state index contributed by atoms with van der Waals surface area (Å²) in [6.07, 6.45) is 8.45. The smallest absolute Gasteiger partial charge is 0.237 e. The first-order valence-corrected chi connectivity index (χ1v) is 7.95. The summed E-state index contributed by atoms with van der Waals surface area (Å²) in [6, 6.07) is 0.436. The van der Waals surface area contributed by atoms with E-state index in [2.05, 4.69) is 10.2 Å². The van der Waals surface area contributed by atoms with E-state index in [4.69, 9.17) is 5.73 Å². The summed E-state index contributed by atoms with van der Waals surface area (Å²) in [4.78, 5) is 14.6. The SMILES string of the molecule is CC(C(=O)NC1CCCCC1)N1CCC(CN)CC1.Cl. The predicted octanol–water partition coefficient (Wildman–Crippen LogP) is 1.92. The first-order valence-electron chi connectivity index (χ1n) is 7.95. The van der Waals surface area contributed by atoms with Crippen LogP contribution in [0.4, 0.5) is 0 Å². The van der Waals surface area contributed by atoms with Crippen molar-refractivity contribution in [3.63, 3.8) is 0 Å². The molecule has 2 aliphatic rings. The maximum absolute atomic E-state index is 12.3. The zero-order valence-corrected chi connectivity index (χ0v) is 13.5. The predicted molar refractivity (Wildman–Crippen MR) is 85.1 cm³/mol. The Hall–Kier alpha value is -0.320. The maximum atomic E-state index is 12.3. The molecular formula is C15H30ClN3O. The van der Waals surface area contributed by atoms with Gasteiger partial charge in [-0.05, 0) is 58.2 Å². The van der Waals surface area contributed by atoms with Crippen LogP contribution >= 0.6 is 12.4 Å². The molecule has 0 radical (unpaired) electrons. The number of nitrogens with one attached hydrogen (secondary N) is 1. The van der Waals surface area contributed by atoms with Gasteiger partial charge in [-0.1, -0.05) is 19.3 Å². The molecule has 2 rings (SSSR count). The molecule has 1 aliphatic carbocycles. The summed E-state index contributed by atoms with van der Waals surface area (Å²) in [6.45, 7) is 4.86. The number of hydrogen-bond acceptors (Lipinski definition) is 3. The van der Waals surface area contributed by atoms with E-state index in [1.165, 1.54) is 19.3 Å². The molecule has 1 aliphatic heterocycles. The van der Waals surface area contributed by atoms with Gasteiger partial charge in [0.25, 0.3) is 0 Å². The molecular weight excluding hydrogens is 274 g/mol. The van der Waals surface area contributed by atoms with Crippen LogP contribution in [0.3, 0.4) is 0 Å². The molecule has 0 aromatic heterocycles. The molecule has 118 valence electrons. The van der Waals surface area contributed by atoms with Crippen molar-refractivity contribution < 1.29 is 4.79 Å². The quantitative estimate of drug-likeness (QED) is 0.834. The molecule has 0 aromatic rings. The van der Waals surface area contributed by atoms with E-state index in [-0.39, 0.29) is 24.4 Å². The third-order valence-electron chi connectivity index (χ3n) is 4.86. The Kier molecular flexibility index (Phi) is 7.85. The average Bonchev–Trinajstić information content (AvgIpc) is 2.47. The maximum Gasteiger partial charge on any atom is 0.237 e. The fraction of sp³-hybridized carbons (Fsp3) is 0.933. The van der Waals surface area contributed by atoms with Gasteiger partial charge >= 0.3 is 0 Å². The number of nitrogens with two attached hydrogens (primary N) is 1. The lowest BCUT2D eigenvalue weighted by molar-refractivity contribution is -0.127. The fourth-order valence-electron chi connectivity index (χ4n) is 3.31. The van der Waals surface area contributed by atoms with Crippen LogP contribution in [0.1, 0.15) is 51.9 Å². The number of nitrogens with zero attached hydrogens (tertiary/aromatic N) is 1. The van der Waals surface area contributed by atoms with Crippen LogP contribution < -0.4 is 11.1 Å². The standard InChI is InChI=1S/C15H29N3O.ClH/c1-12(18-9-7-13(11-16)8-10-18)15(19)17-14-5-3-2-4-6-14;/h12-14H,2-11,16H2,1H3,(H,17,19);1H. The number of amides is 1. The molecule has 4 nitrogen and oxygen atoms in total. The molecule has 1 heterocycles. The lowest BCUT2D eigenvalue weighted by Crippen LogP contribution is -2.51. The van der Waals surface area contributed by atoms with Crippen LogP contribution in [0.2, 0.25) is 0 Å². The number of likely N-dealkylation sites (tertiary alicyclic amines) is 1. The minimum atomic E-state index is 0. The number of carbonyl (C=O) groups excluding carboxylic acids is 1. The van der Waals surface area contributed by atoms with E-state index >= 15 is 0 Å². The second-order valence-electron chi connectivity index (χ2n) is 6.23. The minimum absolute atomic E-state index is 0. The zero-order valence-electron chi connectivity index (χ0n) is 12.6. The Balaban J connectivity index is 0.00000200. The molecule has 1 unspecified atom stereocenters. The van der Waals surface area contributed by atoms with Crippen LogP contribution in [0.5, 0.6) is 0 Å². The van der Waals surface area contributed by atoms with E-state index in [0.29, 0.717) is 12.0 Å². The van der Waals surface area contributed by atoms with E-state index < -0.39 is 0 Å². The zero-order chi connectivity index (χ0) is 13.7. The summed E-state index contributed by atoms with van der Waals surface area (Å²) in [5.41, 5.74) is 5.71. The topological polar surface area (TPSA) is 58.4 Å². The van der Waals surface area contributed by atoms with Crippen LogP contribution in [-0.2, 0) is 4.79 Å². The van der Waals surface area contributed by atoms with Crippen molar-refractivity contribution in [2.24, 2.45) is 11.7 Å². The molecule has 0 spiro atoms. The highest BCUT2D eigenvalue weighted by Gasteiger charge is 2.27. The highest BCUT2D eigenvalue weighted by Crippen LogP contribution is 2.20. The number of halogens is 1. The van der Waals surface area contributed by atoms with Gasteiger partial charge in [0.05, 0.1) is 6.04 Å². The molecule has 0 bridgehead atoms. The van der Waals surface area contributed by atoms with Gasteiger partial charge in [-0.25, -0.2) is 0 Å². The fourth-order valence-corrected chi connectivity index (χ4v) is 3.31. The summed E-state index contributed by atoms with van der Waals surface area (Å²) in [5, 5.41) is 3.24. The van der Waals surface area contributed by atoms with Gasteiger partial charge in [-0.3, -0.25) is 9.69 Å². The molecule has 1 amide bonds. The van der Waals surface area contributed by atoms with Gasteiger partial charge in [0.15, 0.2) is 0 Å². The number of piperidine rings is 1. The second-order valence-corrected chi connectivity index (χ2v) is 6.23. The molecule has 1 atom stereocenters. The summed E-state index contributed by atoms with van der Waals surface area (Å²) in [7, 11) is 0. The van der Waals surface area contributed by atoms with Gasteiger partial charge in [-0.15, -0.1) is 12.4 Å². The Labute approximate surface area is 129 Å². The average molecular weight is 304 g/mol. The number of carbonyl (C=O) groups is 1. The lowest BCUT2D eigenvalue weighted by Gasteiger charge is -2.35. The van der Waals surface area contributed by atoms with Gasteiger partial charge < -0.3 is 11.1 Å². The number of hydrogen-bond donors (Lipinski definition) is 2. The first-order chi connectivity index (χ1) is 9.20. The molecule has 3 N–H and O–H groups in total. The Morgan fingerprint density at radius 1 is 1.20 bits per heavy atom. The summed E-state index contributed by atoms with van der Waals surface area (Å²) in [5.74, 6) is 0.878. The van der Waals surface area contributed by atoms with Crippen LogP contribution in [0, 0.1) is 5.92 Å². The Bertz CT molecular complexity index is 287. The highest BCUT2D eigenvalue weighted by molar-refractivity contribution is 5.85. The third-order valence-corrected chi connectivity index (χ3v) is 4.86. The van der Waals surface area contributed by atoms with Crippen molar-refractivity contribution in [3.8, 4) is 0 Å². The molecule has 1 saturated heterocycles. The van der Waals surface area contributed by atoms with Crippen molar-refractivity contribution in [3.05, 3.63) is 0 Å². The normalized spacial score (nSPS) is 23.9. The summed E-state index contributed by atoms with van der Waals surface area (Å²) < 4.78 is 0. The van der Waals surface area contributed by atoms with Crippen LogP contribution in [0.15, 0.2) is 0 Å². The van der Waals surface area contributed by atoms with Gasteiger partial charge in [-0.2, -0.15) is 0 Å². The lowest BCUT2D eigenvalue weighted by atomic mass is 9.94. The van der Waals surface area contributed by atoms with Gasteiger partial charge in [0.2, 0.25) is 5.91 Å². The van der Waals surface area contributed by atoms with Crippen LogP contribution in [0.25, 0.3) is 0 Å². The summed E-state index contributed by atoms with van der Waals surface area (Å²) >= 11 is 0.